The van der Waals surface area contributed by atoms with E-state index in [9.17, 15) is 13.2 Å². The fraction of sp³-hybridized carbons (Fsp3) is 0.438. The lowest BCUT2D eigenvalue weighted by molar-refractivity contribution is -0.117. The summed E-state index contributed by atoms with van der Waals surface area (Å²) < 4.78 is 34.0. The van der Waals surface area contributed by atoms with Crippen LogP contribution in [0.1, 0.15) is 26.7 Å². The molecule has 2 aromatic rings. The Morgan fingerprint density at radius 2 is 2.11 bits per heavy atom. The number of carbonyl (C=O) groups is 1. The molecule has 3 rings (SSSR count). The fourth-order valence-corrected chi connectivity index (χ4v) is 5.85. The van der Waals surface area contributed by atoms with E-state index in [-0.39, 0.29) is 15.9 Å². The Labute approximate surface area is 166 Å². The lowest BCUT2D eigenvalue weighted by Crippen LogP contribution is -2.24. The van der Waals surface area contributed by atoms with Crippen LogP contribution in [0.5, 0.6) is 5.75 Å². The summed E-state index contributed by atoms with van der Waals surface area (Å²) in [5.74, 6) is 0.408. The zero-order valence-corrected chi connectivity index (χ0v) is 17.6. The molecule has 1 amide bonds. The number of hydrogen-bond donors (Lipinski definition) is 1. The minimum atomic E-state index is -3.87. The van der Waals surface area contributed by atoms with Gasteiger partial charge in [-0.25, -0.2) is 8.42 Å². The maximum atomic E-state index is 12.8. The summed E-state index contributed by atoms with van der Waals surface area (Å²) in [5.41, 5.74) is 0.455. The van der Waals surface area contributed by atoms with E-state index in [1.54, 1.807) is 11.0 Å². The molecule has 1 aromatic heterocycles. The Balaban J connectivity index is 1.88. The molecule has 27 heavy (non-hydrogen) atoms. The standard InChI is InChI=1S/C16H20N4O4S3/c1-10(2)25-16-18-17-15(26-16)19-27(22,23)11-6-7-13(24-3)12(9-11)20-8-4-5-14(20)21/h6-7,9-10H,4-5,8H2,1-3H3,(H,17,19). The average Bonchev–Trinajstić information content (AvgIpc) is 3.22. The number of benzene rings is 1. The molecule has 1 aliphatic heterocycles. The van der Waals surface area contributed by atoms with Gasteiger partial charge in [-0.05, 0) is 24.6 Å². The van der Waals surface area contributed by atoms with Gasteiger partial charge in [0.15, 0.2) is 4.34 Å². The van der Waals surface area contributed by atoms with Crippen LogP contribution in [-0.2, 0) is 14.8 Å². The number of ether oxygens (including phenoxy) is 1. The van der Waals surface area contributed by atoms with Crippen LogP contribution in [0.4, 0.5) is 10.8 Å². The topological polar surface area (TPSA) is 101 Å². The normalized spacial score (nSPS) is 14.8. The van der Waals surface area contributed by atoms with Crippen LogP contribution in [-0.4, -0.2) is 43.4 Å². The molecule has 11 heteroatoms. The predicted molar refractivity (Wildman–Crippen MR) is 106 cm³/mol. The summed E-state index contributed by atoms with van der Waals surface area (Å²) in [6.45, 7) is 4.58. The summed E-state index contributed by atoms with van der Waals surface area (Å²) in [7, 11) is -2.38. The lowest BCUT2D eigenvalue weighted by atomic mass is 10.2. The molecule has 1 saturated heterocycles. The van der Waals surface area contributed by atoms with Gasteiger partial charge >= 0.3 is 0 Å². The third-order valence-electron chi connectivity index (χ3n) is 3.79. The van der Waals surface area contributed by atoms with E-state index in [1.165, 1.54) is 42.3 Å². The van der Waals surface area contributed by atoms with Gasteiger partial charge < -0.3 is 9.64 Å². The van der Waals surface area contributed by atoms with E-state index in [1.807, 2.05) is 13.8 Å². The maximum absolute atomic E-state index is 12.8. The van der Waals surface area contributed by atoms with E-state index in [0.29, 0.717) is 34.0 Å². The summed E-state index contributed by atoms with van der Waals surface area (Å²) >= 11 is 2.70. The van der Waals surface area contributed by atoms with Crippen molar-refractivity contribution in [3.05, 3.63) is 18.2 Å². The van der Waals surface area contributed by atoms with Crippen molar-refractivity contribution >= 4 is 49.8 Å². The molecule has 0 saturated carbocycles. The molecule has 146 valence electrons. The van der Waals surface area contributed by atoms with Crippen molar-refractivity contribution in [2.75, 3.05) is 23.3 Å². The second-order valence-electron chi connectivity index (χ2n) is 6.13. The van der Waals surface area contributed by atoms with Gasteiger partial charge in [-0.15, -0.1) is 10.2 Å². The van der Waals surface area contributed by atoms with E-state index in [0.717, 1.165) is 6.42 Å². The number of hydrogen-bond acceptors (Lipinski definition) is 8. The highest BCUT2D eigenvalue weighted by Gasteiger charge is 2.27. The summed E-state index contributed by atoms with van der Waals surface area (Å²) in [4.78, 5) is 13.7. The number of sulfonamides is 1. The molecule has 0 radical (unpaired) electrons. The van der Waals surface area contributed by atoms with Gasteiger partial charge in [-0.2, -0.15) is 0 Å². The Hall–Kier alpha value is -1.85. The minimum absolute atomic E-state index is 0.0336. The SMILES string of the molecule is COc1ccc(S(=O)(=O)Nc2nnc(SC(C)C)s2)cc1N1CCCC1=O. The number of methoxy groups -OCH3 is 1. The maximum Gasteiger partial charge on any atom is 0.263 e. The number of aromatic nitrogens is 2. The lowest BCUT2D eigenvalue weighted by Gasteiger charge is -2.19. The largest absolute Gasteiger partial charge is 0.495 e. The van der Waals surface area contributed by atoms with Crippen molar-refractivity contribution in [1.29, 1.82) is 0 Å². The van der Waals surface area contributed by atoms with Crippen molar-refractivity contribution in [2.24, 2.45) is 0 Å². The third-order valence-corrected chi connectivity index (χ3v) is 7.18. The zero-order chi connectivity index (χ0) is 19.6. The van der Waals surface area contributed by atoms with Gasteiger partial charge in [0, 0.05) is 18.2 Å². The van der Waals surface area contributed by atoms with Crippen LogP contribution in [0.15, 0.2) is 27.4 Å². The van der Waals surface area contributed by atoms with Crippen molar-refractivity contribution < 1.29 is 17.9 Å². The number of nitrogens with zero attached hydrogens (tertiary/aromatic N) is 3. The Bertz CT molecular complexity index is 943. The molecule has 0 unspecified atom stereocenters. The quantitative estimate of drug-likeness (QED) is 0.677. The molecule has 0 atom stereocenters. The third kappa shape index (κ3) is 4.53. The zero-order valence-electron chi connectivity index (χ0n) is 15.1. The molecular weight excluding hydrogens is 408 g/mol. The first-order chi connectivity index (χ1) is 12.8. The minimum Gasteiger partial charge on any atom is -0.495 e. The van der Waals surface area contributed by atoms with Crippen LogP contribution in [0, 0.1) is 0 Å². The first kappa shape index (κ1) is 19.9. The second kappa shape index (κ2) is 8.03. The Morgan fingerprint density at radius 1 is 1.33 bits per heavy atom. The Morgan fingerprint density at radius 3 is 2.74 bits per heavy atom. The molecule has 1 aromatic carbocycles. The van der Waals surface area contributed by atoms with Gasteiger partial charge in [-0.3, -0.25) is 9.52 Å². The molecule has 0 bridgehead atoms. The van der Waals surface area contributed by atoms with Crippen molar-refractivity contribution in [2.45, 2.75) is 41.2 Å². The summed E-state index contributed by atoms with van der Waals surface area (Å²) in [6, 6.07) is 4.45. The predicted octanol–water partition coefficient (Wildman–Crippen LogP) is 2.97. The van der Waals surface area contributed by atoms with Crippen molar-refractivity contribution in [1.82, 2.24) is 10.2 Å². The van der Waals surface area contributed by atoms with Crippen LogP contribution in [0.25, 0.3) is 0 Å². The van der Waals surface area contributed by atoms with Crippen LogP contribution in [0.2, 0.25) is 0 Å². The Kier molecular flexibility index (Phi) is 5.92. The molecule has 1 N–H and O–H groups in total. The average molecular weight is 429 g/mol. The molecule has 0 aliphatic carbocycles. The summed E-state index contributed by atoms with van der Waals surface area (Å²) in [5, 5.41) is 8.40. The van der Waals surface area contributed by atoms with Gasteiger partial charge in [0.05, 0.1) is 17.7 Å². The smallest absolute Gasteiger partial charge is 0.263 e. The number of anilines is 2. The van der Waals surface area contributed by atoms with Gasteiger partial charge in [-0.1, -0.05) is 36.9 Å². The number of rotatable bonds is 7. The summed E-state index contributed by atoms with van der Waals surface area (Å²) in [6.07, 6.45) is 1.18. The van der Waals surface area contributed by atoms with E-state index in [4.69, 9.17) is 4.74 Å². The fourth-order valence-electron chi connectivity index (χ4n) is 2.62. The molecule has 1 fully saturated rings. The van der Waals surface area contributed by atoms with Crippen LogP contribution < -0.4 is 14.4 Å². The highest BCUT2D eigenvalue weighted by Crippen LogP contribution is 2.35. The van der Waals surface area contributed by atoms with Gasteiger partial charge in [0.2, 0.25) is 11.0 Å². The number of amides is 1. The number of thioether (sulfide) groups is 1. The van der Waals surface area contributed by atoms with Crippen LogP contribution >= 0.6 is 23.1 Å². The first-order valence-electron chi connectivity index (χ1n) is 8.31. The number of carbonyl (C=O) groups excluding carboxylic acids is 1. The highest BCUT2D eigenvalue weighted by atomic mass is 32.2. The first-order valence-corrected chi connectivity index (χ1v) is 11.5. The number of nitrogens with one attached hydrogen (secondary N) is 1. The molecule has 8 nitrogen and oxygen atoms in total. The molecule has 1 aliphatic rings. The monoisotopic (exact) mass is 428 g/mol. The van der Waals surface area contributed by atoms with Crippen molar-refractivity contribution in [3.63, 3.8) is 0 Å². The van der Waals surface area contributed by atoms with Gasteiger partial charge in [0.25, 0.3) is 10.0 Å². The van der Waals surface area contributed by atoms with Crippen molar-refractivity contribution in [3.8, 4) is 5.75 Å². The molecule has 2 heterocycles. The molecule has 0 spiro atoms. The van der Waals surface area contributed by atoms with E-state index < -0.39 is 10.0 Å². The molecular formula is C16H20N4O4S3. The second-order valence-corrected chi connectivity index (χ2v) is 10.6. The van der Waals surface area contributed by atoms with Gasteiger partial charge in [0.1, 0.15) is 5.75 Å². The highest BCUT2D eigenvalue weighted by molar-refractivity contribution is 8.01. The van der Waals surface area contributed by atoms with E-state index in [2.05, 4.69) is 14.9 Å². The van der Waals surface area contributed by atoms with E-state index >= 15 is 0 Å². The van der Waals surface area contributed by atoms with Crippen LogP contribution in [0.3, 0.4) is 0 Å².